The third-order valence-corrected chi connectivity index (χ3v) is 10.1. The van der Waals surface area contributed by atoms with E-state index < -0.39 is 56.9 Å². The van der Waals surface area contributed by atoms with Gasteiger partial charge in [0.05, 0.1) is 21.2 Å². The van der Waals surface area contributed by atoms with Crippen LogP contribution in [-0.2, 0) is 32.3 Å². The standard InChI is InChI=1S/C30H29Cl3F3N3O4S/c1-19(29(41)37-22-7-5-6-8-22)38(17-20-11-12-21(31)15-27(20)33)28(40)18-39(44(42,43)24-9-3-2-4-10-24)23-13-14-26(32)25(16-23)30(34,35)36/h2-4,9-16,19,22H,5-8,17-18H2,1H3,(H,37,41)/t19-/m1/s1. The predicted molar refractivity (Wildman–Crippen MR) is 164 cm³/mol. The summed E-state index contributed by atoms with van der Waals surface area (Å²) < 4.78 is 69.6. The van der Waals surface area contributed by atoms with E-state index in [1.807, 2.05) is 0 Å². The van der Waals surface area contributed by atoms with Crippen LogP contribution in [0.5, 0.6) is 0 Å². The van der Waals surface area contributed by atoms with Crippen molar-refractivity contribution in [1.82, 2.24) is 10.2 Å². The van der Waals surface area contributed by atoms with Crippen molar-refractivity contribution in [3.63, 3.8) is 0 Å². The third-order valence-electron chi connectivity index (χ3n) is 7.38. The molecule has 0 bridgehead atoms. The molecule has 0 aromatic heterocycles. The summed E-state index contributed by atoms with van der Waals surface area (Å²) in [5.41, 5.74) is -1.29. The Hall–Kier alpha value is -2.99. The minimum atomic E-state index is -4.90. The molecule has 0 spiro atoms. The first-order valence-electron chi connectivity index (χ1n) is 13.7. The molecule has 2 amide bonds. The maximum absolute atomic E-state index is 14.0. The van der Waals surface area contributed by atoms with Gasteiger partial charge in [-0.1, -0.05) is 71.9 Å². The highest BCUT2D eigenvalue weighted by atomic mass is 35.5. The summed E-state index contributed by atoms with van der Waals surface area (Å²) in [7, 11) is -4.58. The van der Waals surface area contributed by atoms with E-state index in [0.29, 0.717) is 21.0 Å². The second-order valence-corrected chi connectivity index (χ2v) is 13.5. The van der Waals surface area contributed by atoms with Gasteiger partial charge in [-0.15, -0.1) is 0 Å². The van der Waals surface area contributed by atoms with Gasteiger partial charge in [0.2, 0.25) is 11.8 Å². The van der Waals surface area contributed by atoms with Crippen molar-refractivity contribution in [2.45, 2.75) is 62.3 Å². The fraction of sp³-hybridized carbons (Fsp3) is 0.333. The number of benzene rings is 3. The summed E-state index contributed by atoms with van der Waals surface area (Å²) in [6, 6.07) is 13.0. The molecule has 1 N–H and O–H groups in total. The lowest BCUT2D eigenvalue weighted by atomic mass is 10.1. The highest BCUT2D eigenvalue weighted by Gasteiger charge is 2.37. The van der Waals surface area contributed by atoms with Crippen LogP contribution in [0.1, 0.15) is 43.7 Å². The maximum Gasteiger partial charge on any atom is 0.417 e. The van der Waals surface area contributed by atoms with Crippen molar-refractivity contribution in [2.24, 2.45) is 0 Å². The summed E-state index contributed by atoms with van der Waals surface area (Å²) >= 11 is 18.2. The topological polar surface area (TPSA) is 86.8 Å². The Labute approximate surface area is 268 Å². The van der Waals surface area contributed by atoms with E-state index in [4.69, 9.17) is 34.8 Å². The number of alkyl halides is 3. The van der Waals surface area contributed by atoms with E-state index in [-0.39, 0.29) is 22.5 Å². The van der Waals surface area contributed by atoms with Gasteiger partial charge < -0.3 is 10.2 Å². The summed E-state index contributed by atoms with van der Waals surface area (Å²) in [4.78, 5) is 28.2. The average Bonchev–Trinajstić information content (AvgIpc) is 3.48. The molecule has 1 aliphatic carbocycles. The second-order valence-electron chi connectivity index (χ2n) is 10.4. The van der Waals surface area contributed by atoms with Crippen LogP contribution in [0.4, 0.5) is 18.9 Å². The fourth-order valence-corrected chi connectivity index (χ4v) is 7.06. The van der Waals surface area contributed by atoms with Crippen molar-refractivity contribution in [3.8, 4) is 0 Å². The number of amides is 2. The van der Waals surface area contributed by atoms with Gasteiger partial charge in [0.15, 0.2) is 0 Å². The Balaban J connectivity index is 1.76. The van der Waals surface area contributed by atoms with Crippen LogP contribution in [-0.4, -0.2) is 43.8 Å². The van der Waals surface area contributed by atoms with Crippen LogP contribution >= 0.6 is 34.8 Å². The molecule has 3 aromatic rings. The average molecular weight is 691 g/mol. The van der Waals surface area contributed by atoms with Crippen LogP contribution in [0, 0.1) is 0 Å². The van der Waals surface area contributed by atoms with Gasteiger partial charge in [-0.3, -0.25) is 13.9 Å². The highest BCUT2D eigenvalue weighted by molar-refractivity contribution is 7.92. The van der Waals surface area contributed by atoms with Crippen LogP contribution in [0.15, 0.2) is 71.6 Å². The smallest absolute Gasteiger partial charge is 0.352 e. The number of sulfonamides is 1. The van der Waals surface area contributed by atoms with E-state index in [9.17, 15) is 31.2 Å². The third kappa shape index (κ3) is 7.99. The minimum Gasteiger partial charge on any atom is -0.352 e. The number of hydrogen-bond donors (Lipinski definition) is 1. The van der Waals surface area contributed by atoms with Crippen molar-refractivity contribution >= 4 is 62.3 Å². The molecule has 1 aliphatic rings. The van der Waals surface area contributed by atoms with Gasteiger partial charge in [0.25, 0.3) is 10.0 Å². The molecule has 44 heavy (non-hydrogen) atoms. The van der Waals surface area contributed by atoms with Gasteiger partial charge in [0.1, 0.15) is 12.6 Å². The molecule has 0 radical (unpaired) electrons. The van der Waals surface area contributed by atoms with Crippen LogP contribution in [0.3, 0.4) is 0 Å². The van der Waals surface area contributed by atoms with Crippen LogP contribution < -0.4 is 9.62 Å². The molecule has 3 aromatic carbocycles. The Morgan fingerprint density at radius 3 is 2.23 bits per heavy atom. The molecule has 1 saturated carbocycles. The van der Waals surface area contributed by atoms with Crippen molar-refractivity contribution in [2.75, 3.05) is 10.8 Å². The van der Waals surface area contributed by atoms with Gasteiger partial charge in [-0.25, -0.2) is 8.42 Å². The van der Waals surface area contributed by atoms with Gasteiger partial charge >= 0.3 is 6.18 Å². The molecule has 0 unspecified atom stereocenters. The van der Waals surface area contributed by atoms with Crippen LogP contribution in [0.2, 0.25) is 15.1 Å². The number of carbonyl (C=O) groups is 2. The van der Waals surface area contributed by atoms with Crippen LogP contribution in [0.25, 0.3) is 0 Å². The molecular weight excluding hydrogens is 662 g/mol. The number of nitrogens with one attached hydrogen (secondary N) is 1. The summed E-state index contributed by atoms with van der Waals surface area (Å²) in [6.45, 7) is 0.357. The lowest BCUT2D eigenvalue weighted by molar-refractivity contribution is -0.139. The van der Waals surface area contributed by atoms with E-state index in [2.05, 4.69) is 5.32 Å². The largest absolute Gasteiger partial charge is 0.417 e. The number of anilines is 1. The zero-order valence-electron chi connectivity index (χ0n) is 23.5. The number of halogens is 6. The second kappa shape index (κ2) is 14.0. The number of nitrogens with zero attached hydrogens (tertiary/aromatic N) is 2. The lowest BCUT2D eigenvalue weighted by Gasteiger charge is -2.33. The van der Waals surface area contributed by atoms with Crippen molar-refractivity contribution < 1.29 is 31.2 Å². The molecular formula is C30H29Cl3F3N3O4S. The minimum absolute atomic E-state index is 0.0640. The Kier molecular flexibility index (Phi) is 10.8. The molecule has 236 valence electrons. The Morgan fingerprint density at radius 2 is 1.61 bits per heavy atom. The Morgan fingerprint density at radius 1 is 0.955 bits per heavy atom. The lowest BCUT2D eigenvalue weighted by Crippen LogP contribution is -2.52. The first-order chi connectivity index (χ1) is 20.7. The van der Waals surface area contributed by atoms with Gasteiger partial charge in [0, 0.05) is 22.6 Å². The zero-order chi connectivity index (χ0) is 32.2. The first kappa shape index (κ1) is 33.9. The van der Waals surface area contributed by atoms with E-state index in [1.54, 1.807) is 18.2 Å². The quantitative estimate of drug-likeness (QED) is 0.241. The van der Waals surface area contributed by atoms with Crippen molar-refractivity contribution in [3.05, 3.63) is 92.9 Å². The monoisotopic (exact) mass is 689 g/mol. The first-order valence-corrected chi connectivity index (χ1v) is 16.2. The Bertz CT molecular complexity index is 1620. The SMILES string of the molecule is C[C@H](C(=O)NC1CCCC1)N(Cc1ccc(Cl)cc1Cl)C(=O)CN(c1ccc(Cl)c(C(F)(F)F)c1)S(=O)(=O)c1ccccc1. The highest BCUT2D eigenvalue weighted by Crippen LogP contribution is 2.38. The summed E-state index contributed by atoms with van der Waals surface area (Å²) in [6.07, 6.45) is -1.41. The maximum atomic E-state index is 14.0. The zero-order valence-corrected chi connectivity index (χ0v) is 26.5. The summed E-state index contributed by atoms with van der Waals surface area (Å²) in [5, 5.41) is 2.85. The molecule has 1 fully saturated rings. The number of hydrogen-bond acceptors (Lipinski definition) is 4. The predicted octanol–water partition coefficient (Wildman–Crippen LogP) is 7.34. The molecule has 0 aliphatic heterocycles. The molecule has 1 atom stereocenters. The fourth-order valence-electron chi connectivity index (χ4n) is 4.94. The number of carbonyl (C=O) groups excluding carboxylic acids is 2. The summed E-state index contributed by atoms with van der Waals surface area (Å²) in [5.74, 6) is -1.31. The van der Waals surface area contributed by atoms with Crippen molar-refractivity contribution in [1.29, 1.82) is 0 Å². The van der Waals surface area contributed by atoms with E-state index in [0.717, 1.165) is 42.7 Å². The molecule has 0 saturated heterocycles. The van der Waals surface area contributed by atoms with Gasteiger partial charge in [-0.2, -0.15) is 13.2 Å². The van der Waals surface area contributed by atoms with Gasteiger partial charge in [-0.05, 0) is 67.8 Å². The molecule has 7 nitrogen and oxygen atoms in total. The van der Waals surface area contributed by atoms with E-state index >= 15 is 0 Å². The van der Waals surface area contributed by atoms with E-state index in [1.165, 1.54) is 37.3 Å². The number of rotatable bonds is 10. The normalized spacial score (nSPS) is 14.7. The molecule has 0 heterocycles. The molecule has 4 rings (SSSR count). The molecule has 14 heteroatoms.